The van der Waals surface area contributed by atoms with Gasteiger partial charge < -0.3 is 15.0 Å². The summed E-state index contributed by atoms with van der Waals surface area (Å²) in [5.74, 6) is -0.589. The number of halogens is 3. The number of nitrogens with two attached hydrogens (primary N) is 1. The van der Waals surface area contributed by atoms with E-state index in [0.717, 1.165) is 6.92 Å². The molecule has 0 aliphatic carbocycles. The number of hydrogen-bond acceptors (Lipinski definition) is 5. The molecular weight excluding hydrogens is 263 g/mol. The number of ether oxygens (including phenoxy) is 1. The minimum atomic E-state index is -4.67. The molecule has 1 aromatic rings. The molecular formula is C11H18F3N3O2. The van der Waals surface area contributed by atoms with E-state index < -0.39 is 23.7 Å². The number of hydrogen-bond donors (Lipinski definition) is 1. The molecule has 2 unspecified atom stereocenters. The van der Waals surface area contributed by atoms with Gasteiger partial charge in [-0.15, -0.1) is 0 Å². The largest absolute Gasteiger partial charge is 0.415 e. The second kappa shape index (κ2) is 5.46. The monoisotopic (exact) mass is 281 g/mol. The third kappa shape index (κ3) is 3.24. The van der Waals surface area contributed by atoms with E-state index in [4.69, 9.17) is 10.5 Å². The summed E-state index contributed by atoms with van der Waals surface area (Å²) in [5.41, 5.74) is 2.54. The van der Waals surface area contributed by atoms with Gasteiger partial charge in [0.2, 0.25) is 5.82 Å². The Labute approximate surface area is 109 Å². The van der Waals surface area contributed by atoms with Crippen molar-refractivity contribution in [2.75, 3.05) is 6.61 Å². The standard InChI is InChI=1S/C11H18F3N3O2/c1-5-18-7(6(2)3)8-16-9(19-17-8)10(4,15)11(12,13)14/h6-7H,5,15H2,1-4H3. The first-order chi connectivity index (χ1) is 8.61. The molecule has 110 valence electrons. The Bertz CT molecular complexity index is 416. The van der Waals surface area contributed by atoms with E-state index in [-0.39, 0.29) is 11.7 Å². The summed E-state index contributed by atoms with van der Waals surface area (Å²) in [6.45, 7) is 6.66. The van der Waals surface area contributed by atoms with Crippen LogP contribution in [-0.2, 0) is 10.3 Å². The molecule has 2 N–H and O–H groups in total. The summed E-state index contributed by atoms with van der Waals surface area (Å²) < 4.78 is 48.3. The fraction of sp³-hybridized carbons (Fsp3) is 0.818. The zero-order valence-electron chi connectivity index (χ0n) is 11.3. The molecule has 0 spiro atoms. The van der Waals surface area contributed by atoms with E-state index in [1.807, 2.05) is 13.8 Å². The van der Waals surface area contributed by atoms with Crippen LogP contribution in [0.3, 0.4) is 0 Å². The second-order valence-corrected chi connectivity index (χ2v) is 4.78. The van der Waals surface area contributed by atoms with Crippen molar-refractivity contribution in [3.63, 3.8) is 0 Å². The Hall–Kier alpha value is -1.15. The fourth-order valence-electron chi connectivity index (χ4n) is 1.43. The van der Waals surface area contributed by atoms with Gasteiger partial charge in [-0.1, -0.05) is 19.0 Å². The van der Waals surface area contributed by atoms with Gasteiger partial charge in [0.15, 0.2) is 5.54 Å². The highest BCUT2D eigenvalue weighted by Crippen LogP contribution is 2.36. The van der Waals surface area contributed by atoms with Gasteiger partial charge >= 0.3 is 6.18 Å². The molecule has 0 bridgehead atoms. The van der Waals surface area contributed by atoms with Crippen molar-refractivity contribution in [3.8, 4) is 0 Å². The summed E-state index contributed by atoms with van der Waals surface area (Å²) in [7, 11) is 0. The van der Waals surface area contributed by atoms with Crippen LogP contribution in [0.4, 0.5) is 13.2 Å². The van der Waals surface area contributed by atoms with Crippen LogP contribution in [0, 0.1) is 5.92 Å². The SMILES string of the molecule is CCOC(c1noc(C(C)(N)C(F)(F)F)n1)C(C)C. The molecule has 5 nitrogen and oxygen atoms in total. The van der Waals surface area contributed by atoms with Crippen molar-refractivity contribution < 1.29 is 22.4 Å². The summed E-state index contributed by atoms with van der Waals surface area (Å²) in [6, 6.07) is 0. The highest BCUT2D eigenvalue weighted by atomic mass is 19.4. The Kier molecular flexibility index (Phi) is 4.57. The lowest BCUT2D eigenvalue weighted by Gasteiger charge is -2.23. The maximum atomic E-state index is 12.8. The van der Waals surface area contributed by atoms with Crippen LogP contribution in [-0.4, -0.2) is 22.9 Å². The van der Waals surface area contributed by atoms with Crippen molar-refractivity contribution in [2.45, 2.75) is 45.5 Å². The van der Waals surface area contributed by atoms with Crippen molar-refractivity contribution in [2.24, 2.45) is 11.7 Å². The maximum absolute atomic E-state index is 12.8. The Morgan fingerprint density at radius 3 is 2.37 bits per heavy atom. The maximum Gasteiger partial charge on any atom is 0.415 e. The van der Waals surface area contributed by atoms with Gasteiger partial charge in [0.1, 0.15) is 6.10 Å². The minimum Gasteiger partial charge on any atom is -0.370 e. The van der Waals surface area contributed by atoms with Crippen LogP contribution in [0.2, 0.25) is 0 Å². The normalized spacial score (nSPS) is 17.5. The van der Waals surface area contributed by atoms with Gasteiger partial charge in [-0.3, -0.25) is 0 Å². The first kappa shape index (κ1) is 15.9. The lowest BCUT2D eigenvalue weighted by Crippen LogP contribution is -2.48. The van der Waals surface area contributed by atoms with E-state index >= 15 is 0 Å². The third-order valence-corrected chi connectivity index (χ3v) is 2.68. The average Bonchev–Trinajstić information content (AvgIpc) is 2.73. The molecule has 0 radical (unpaired) electrons. The fourth-order valence-corrected chi connectivity index (χ4v) is 1.43. The molecule has 0 aliphatic rings. The van der Waals surface area contributed by atoms with Gasteiger partial charge in [0.25, 0.3) is 5.89 Å². The van der Waals surface area contributed by atoms with Crippen LogP contribution in [0.5, 0.6) is 0 Å². The zero-order valence-corrected chi connectivity index (χ0v) is 11.3. The van der Waals surface area contributed by atoms with Crippen molar-refractivity contribution in [1.29, 1.82) is 0 Å². The summed E-state index contributed by atoms with van der Waals surface area (Å²) in [6.07, 6.45) is -5.19. The Morgan fingerprint density at radius 2 is 1.95 bits per heavy atom. The number of nitrogens with zero attached hydrogens (tertiary/aromatic N) is 2. The first-order valence-corrected chi connectivity index (χ1v) is 5.92. The number of aromatic nitrogens is 2. The van der Waals surface area contributed by atoms with Crippen LogP contribution < -0.4 is 5.73 Å². The van der Waals surface area contributed by atoms with Gasteiger partial charge in [0, 0.05) is 6.61 Å². The summed E-state index contributed by atoms with van der Waals surface area (Å²) in [5, 5.41) is 3.55. The predicted molar refractivity (Wildman–Crippen MR) is 61.1 cm³/mol. The van der Waals surface area contributed by atoms with Crippen LogP contribution >= 0.6 is 0 Å². The molecule has 8 heteroatoms. The average molecular weight is 281 g/mol. The third-order valence-electron chi connectivity index (χ3n) is 2.68. The molecule has 2 atom stereocenters. The molecule has 0 fully saturated rings. The van der Waals surface area contributed by atoms with Gasteiger partial charge in [-0.2, -0.15) is 18.2 Å². The molecule has 0 aromatic carbocycles. The predicted octanol–water partition coefficient (Wildman–Crippen LogP) is 2.54. The van der Waals surface area contributed by atoms with E-state index in [9.17, 15) is 13.2 Å². The van der Waals surface area contributed by atoms with Crippen LogP contribution in [0.25, 0.3) is 0 Å². The van der Waals surface area contributed by atoms with E-state index in [1.54, 1.807) is 6.92 Å². The molecule has 1 aromatic heterocycles. The van der Waals surface area contributed by atoms with Gasteiger partial charge in [-0.25, -0.2) is 0 Å². The van der Waals surface area contributed by atoms with Crippen LogP contribution in [0.15, 0.2) is 4.52 Å². The Balaban J connectivity index is 3.05. The van der Waals surface area contributed by atoms with Gasteiger partial charge in [0.05, 0.1) is 0 Å². The highest BCUT2D eigenvalue weighted by molar-refractivity contribution is 5.05. The minimum absolute atomic E-state index is 0.000294. The quantitative estimate of drug-likeness (QED) is 0.897. The molecule has 0 saturated carbocycles. The molecule has 0 saturated heterocycles. The zero-order chi connectivity index (χ0) is 14.8. The molecule has 19 heavy (non-hydrogen) atoms. The topological polar surface area (TPSA) is 74.2 Å². The Morgan fingerprint density at radius 1 is 1.37 bits per heavy atom. The molecule has 0 aliphatic heterocycles. The number of rotatable bonds is 5. The second-order valence-electron chi connectivity index (χ2n) is 4.78. The van der Waals surface area contributed by atoms with Crippen LogP contribution in [0.1, 0.15) is 45.5 Å². The summed E-state index contributed by atoms with van der Waals surface area (Å²) in [4.78, 5) is 3.74. The first-order valence-electron chi connectivity index (χ1n) is 5.92. The van der Waals surface area contributed by atoms with Crippen molar-refractivity contribution >= 4 is 0 Å². The van der Waals surface area contributed by atoms with E-state index in [2.05, 4.69) is 14.7 Å². The molecule has 1 heterocycles. The lowest BCUT2D eigenvalue weighted by molar-refractivity contribution is -0.190. The smallest absolute Gasteiger partial charge is 0.370 e. The van der Waals surface area contributed by atoms with E-state index in [1.165, 1.54) is 0 Å². The van der Waals surface area contributed by atoms with E-state index in [0.29, 0.717) is 6.61 Å². The molecule has 1 rings (SSSR count). The summed E-state index contributed by atoms with van der Waals surface area (Å²) >= 11 is 0. The van der Waals surface area contributed by atoms with Crippen molar-refractivity contribution in [3.05, 3.63) is 11.7 Å². The lowest BCUT2D eigenvalue weighted by atomic mass is 10.0. The van der Waals surface area contributed by atoms with Crippen molar-refractivity contribution in [1.82, 2.24) is 10.1 Å². The highest BCUT2D eigenvalue weighted by Gasteiger charge is 2.53. The van der Waals surface area contributed by atoms with Gasteiger partial charge in [-0.05, 0) is 19.8 Å². The molecule has 0 amide bonds. The number of alkyl halides is 3.